The molecule has 0 aliphatic heterocycles. The Bertz CT molecular complexity index is 1020. The van der Waals surface area contributed by atoms with E-state index in [1.54, 1.807) is 6.07 Å². The van der Waals surface area contributed by atoms with Crippen LogP contribution in [0.5, 0.6) is 5.75 Å². The van der Waals surface area contributed by atoms with Crippen LogP contribution in [0.3, 0.4) is 0 Å². The molecular formula is C16H11Cl2N3O4S. The fourth-order valence-electron chi connectivity index (χ4n) is 1.91. The predicted molar refractivity (Wildman–Crippen MR) is 98.2 cm³/mol. The number of phenols is 1. The molecule has 2 aromatic carbocycles. The van der Waals surface area contributed by atoms with E-state index in [1.165, 1.54) is 42.5 Å². The number of benzene rings is 2. The molecule has 0 radical (unpaired) electrons. The van der Waals surface area contributed by atoms with E-state index < -0.39 is 15.9 Å². The van der Waals surface area contributed by atoms with Crippen molar-refractivity contribution in [1.29, 1.82) is 5.26 Å². The van der Waals surface area contributed by atoms with Gasteiger partial charge in [-0.05, 0) is 48.0 Å². The van der Waals surface area contributed by atoms with Gasteiger partial charge in [-0.3, -0.25) is 4.79 Å². The first-order chi connectivity index (χ1) is 12.1. The minimum absolute atomic E-state index is 0.0277. The maximum absolute atomic E-state index is 12.2. The number of rotatable bonds is 4. The average molecular weight is 412 g/mol. The Kier molecular flexibility index (Phi) is 5.90. The quantitative estimate of drug-likeness (QED) is 0.525. The number of carbonyl (C=O) groups is 1. The molecule has 4 N–H and O–H groups in total. The standard InChI is InChI=1S/C16H11Cl2N3O4S/c17-13-6-9(7-14(18)15(13)22)5-10(8-19)16(23)21-11-1-3-12(4-2-11)26(20,24)25/h1-7,22H,(H,21,23)(H2,20,24,25)/b10-5+. The van der Waals surface area contributed by atoms with Gasteiger partial charge in [0.25, 0.3) is 5.91 Å². The zero-order valence-corrected chi connectivity index (χ0v) is 15.2. The zero-order chi connectivity index (χ0) is 19.5. The number of aromatic hydroxyl groups is 1. The molecule has 2 rings (SSSR count). The summed E-state index contributed by atoms with van der Waals surface area (Å²) in [6.07, 6.45) is 1.24. The van der Waals surface area contributed by atoms with Crippen molar-refractivity contribution in [1.82, 2.24) is 0 Å². The van der Waals surface area contributed by atoms with Gasteiger partial charge in [0.2, 0.25) is 10.0 Å². The van der Waals surface area contributed by atoms with E-state index >= 15 is 0 Å². The first-order valence-corrected chi connectivity index (χ1v) is 9.16. The SMILES string of the molecule is N#C/C(=C\c1cc(Cl)c(O)c(Cl)c1)C(=O)Nc1ccc(S(N)(=O)=O)cc1. The summed E-state index contributed by atoms with van der Waals surface area (Å²) >= 11 is 11.6. The van der Waals surface area contributed by atoms with Crippen LogP contribution in [0.25, 0.3) is 6.08 Å². The van der Waals surface area contributed by atoms with Crippen LogP contribution in [0.2, 0.25) is 10.0 Å². The summed E-state index contributed by atoms with van der Waals surface area (Å²) < 4.78 is 22.4. The van der Waals surface area contributed by atoms with Crippen molar-refractivity contribution in [2.75, 3.05) is 5.32 Å². The lowest BCUT2D eigenvalue weighted by molar-refractivity contribution is -0.112. The van der Waals surface area contributed by atoms with Crippen molar-refractivity contribution in [3.05, 3.63) is 57.6 Å². The van der Waals surface area contributed by atoms with Crippen molar-refractivity contribution < 1.29 is 18.3 Å². The average Bonchev–Trinajstić information content (AvgIpc) is 2.57. The zero-order valence-electron chi connectivity index (χ0n) is 12.9. The molecule has 0 saturated heterocycles. The van der Waals surface area contributed by atoms with Crippen molar-refractivity contribution in [2.45, 2.75) is 4.90 Å². The van der Waals surface area contributed by atoms with E-state index in [0.717, 1.165) is 0 Å². The summed E-state index contributed by atoms with van der Waals surface area (Å²) in [6.45, 7) is 0. The number of nitrogens with one attached hydrogen (secondary N) is 1. The van der Waals surface area contributed by atoms with Crippen LogP contribution < -0.4 is 10.5 Å². The first-order valence-electron chi connectivity index (χ1n) is 6.86. The van der Waals surface area contributed by atoms with E-state index in [9.17, 15) is 23.6 Å². The van der Waals surface area contributed by atoms with Gasteiger partial charge in [-0.1, -0.05) is 23.2 Å². The maximum atomic E-state index is 12.2. The summed E-state index contributed by atoms with van der Waals surface area (Å²) in [7, 11) is -3.84. The van der Waals surface area contributed by atoms with Crippen molar-refractivity contribution in [3.8, 4) is 11.8 Å². The fourth-order valence-corrected chi connectivity index (χ4v) is 2.93. The molecule has 0 heterocycles. The molecule has 0 bridgehead atoms. The van der Waals surface area contributed by atoms with Crippen LogP contribution in [0, 0.1) is 11.3 Å². The summed E-state index contributed by atoms with van der Waals surface area (Å²) in [5.41, 5.74) is 0.359. The third-order valence-electron chi connectivity index (χ3n) is 3.16. The van der Waals surface area contributed by atoms with Gasteiger partial charge >= 0.3 is 0 Å². The van der Waals surface area contributed by atoms with Gasteiger partial charge in [0, 0.05) is 5.69 Å². The number of sulfonamides is 1. The fraction of sp³-hybridized carbons (Fsp3) is 0. The van der Waals surface area contributed by atoms with Gasteiger partial charge in [0.05, 0.1) is 14.9 Å². The molecule has 1 amide bonds. The molecule has 10 heteroatoms. The molecule has 7 nitrogen and oxygen atoms in total. The third kappa shape index (κ3) is 4.74. The Morgan fingerprint density at radius 1 is 1.19 bits per heavy atom. The van der Waals surface area contributed by atoms with Gasteiger partial charge in [-0.2, -0.15) is 5.26 Å². The molecule has 0 unspecified atom stereocenters. The van der Waals surface area contributed by atoms with Crippen molar-refractivity contribution in [2.24, 2.45) is 5.14 Å². The van der Waals surface area contributed by atoms with Gasteiger partial charge in [0.15, 0.2) is 5.75 Å². The summed E-state index contributed by atoms with van der Waals surface area (Å²) in [6, 6.07) is 9.54. The number of amides is 1. The first kappa shape index (κ1) is 19.8. The highest BCUT2D eigenvalue weighted by atomic mass is 35.5. The number of primary sulfonamides is 1. The molecule has 0 fully saturated rings. The van der Waals surface area contributed by atoms with Crippen molar-refractivity contribution in [3.63, 3.8) is 0 Å². The molecule has 0 aromatic heterocycles. The minimum Gasteiger partial charge on any atom is -0.505 e. The van der Waals surface area contributed by atoms with Crippen LogP contribution in [-0.2, 0) is 14.8 Å². The lowest BCUT2D eigenvalue weighted by atomic mass is 10.1. The van der Waals surface area contributed by atoms with E-state index in [1.807, 2.05) is 0 Å². The second kappa shape index (κ2) is 7.76. The lowest BCUT2D eigenvalue weighted by Gasteiger charge is -2.06. The Labute approximate surface area is 159 Å². The molecule has 2 aromatic rings. The van der Waals surface area contributed by atoms with Crippen LogP contribution in [-0.4, -0.2) is 19.4 Å². The number of anilines is 1. The number of hydrogen-bond acceptors (Lipinski definition) is 5. The van der Waals surface area contributed by atoms with E-state index in [4.69, 9.17) is 28.3 Å². The molecule has 0 aliphatic carbocycles. The topological polar surface area (TPSA) is 133 Å². The number of nitriles is 1. The van der Waals surface area contributed by atoms with E-state index in [-0.39, 0.29) is 32.0 Å². The highest BCUT2D eigenvalue weighted by molar-refractivity contribution is 7.89. The molecule has 26 heavy (non-hydrogen) atoms. The number of carbonyl (C=O) groups excluding carboxylic acids is 1. The molecule has 0 saturated carbocycles. The normalized spacial score (nSPS) is 11.7. The number of phenolic OH excluding ortho intramolecular Hbond substituents is 1. The predicted octanol–water partition coefficient (Wildman–Crippen LogP) is 2.89. The number of nitrogens with zero attached hydrogens (tertiary/aromatic N) is 1. The second-order valence-electron chi connectivity index (χ2n) is 5.03. The van der Waals surface area contributed by atoms with Gasteiger partial charge in [0.1, 0.15) is 11.6 Å². The van der Waals surface area contributed by atoms with Crippen LogP contribution in [0.1, 0.15) is 5.56 Å². The number of nitrogens with two attached hydrogens (primary N) is 1. The van der Waals surface area contributed by atoms with Gasteiger partial charge in [-0.15, -0.1) is 0 Å². The molecular weight excluding hydrogens is 401 g/mol. The molecule has 134 valence electrons. The highest BCUT2D eigenvalue weighted by Gasteiger charge is 2.13. The number of halogens is 2. The largest absolute Gasteiger partial charge is 0.505 e. The maximum Gasteiger partial charge on any atom is 0.266 e. The molecule has 0 aliphatic rings. The van der Waals surface area contributed by atoms with E-state index in [2.05, 4.69) is 5.32 Å². The Balaban J connectivity index is 2.25. The van der Waals surface area contributed by atoms with Crippen LogP contribution >= 0.6 is 23.2 Å². The Hall–Kier alpha value is -2.57. The smallest absolute Gasteiger partial charge is 0.266 e. The summed E-state index contributed by atoms with van der Waals surface area (Å²) in [4.78, 5) is 12.1. The molecule has 0 spiro atoms. The summed E-state index contributed by atoms with van der Waals surface area (Å²) in [5.74, 6) is -1.03. The molecule has 0 atom stereocenters. The Morgan fingerprint density at radius 2 is 1.73 bits per heavy atom. The van der Waals surface area contributed by atoms with Gasteiger partial charge < -0.3 is 10.4 Å². The number of hydrogen-bond donors (Lipinski definition) is 3. The van der Waals surface area contributed by atoms with Crippen molar-refractivity contribution >= 4 is 50.9 Å². The van der Waals surface area contributed by atoms with E-state index in [0.29, 0.717) is 5.56 Å². The van der Waals surface area contributed by atoms with Crippen LogP contribution in [0.4, 0.5) is 5.69 Å². The Morgan fingerprint density at radius 3 is 2.19 bits per heavy atom. The van der Waals surface area contributed by atoms with Crippen LogP contribution in [0.15, 0.2) is 46.9 Å². The minimum atomic E-state index is -3.84. The summed E-state index contributed by atoms with van der Waals surface area (Å²) in [5, 5.41) is 26.1. The lowest BCUT2D eigenvalue weighted by Crippen LogP contribution is -2.14. The third-order valence-corrected chi connectivity index (χ3v) is 4.66. The second-order valence-corrected chi connectivity index (χ2v) is 7.40. The monoisotopic (exact) mass is 411 g/mol. The van der Waals surface area contributed by atoms with Gasteiger partial charge in [-0.25, -0.2) is 13.6 Å². The highest BCUT2D eigenvalue weighted by Crippen LogP contribution is 2.33.